The molecule has 0 N–H and O–H groups in total. The third-order valence-electron chi connectivity index (χ3n) is 16.4. The first-order chi connectivity index (χ1) is 45.6. The van der Waals surface area contributed by atoms with Crippen molar-refractivity contribution in [1.82, 2.24) is 0 Å². The number of quaternary nitrogens is 1. The molecule has 2 atom stereocenters. The van der Waals surface area contributed by atoms with Gasteiger partial charge in [-0.1, -0.05) is 327 Å². The molecular weight excluding hydrogens is 1150 g/mol. The van der Waals surface area contributed by atoms with Gasteiger partial charge in [-0.3, -0.25) is 9.59 Å². The zero-order valence-electron chi connectivity index (χ0n) is 60.8. The van der Waals surface area contributed by atoms with Crippen LogP contribution in [0.3, 0.4) is 0 Å². The van der Waals surface area contributed by atoms with E-state index in [1.165, 1.54) is 167 Å². The van der Waals surface area contributed by atoms with Crippen molar-refractivity contribution in [3.8, 4) is 0 Å². The zero-order chi connectivity index (χ0) is 67.5. The first kappa shape index (κ1) is 88.4. The summed E-state index contributed by atoms with van der Waals surface area (Å²) >= 11 is 0. The Morgan fingerprint density at radius 2 is 0.613 bits per heavy atom. The number of unbranched alkanes of at least 4 members (excludes halogenated alkanes) is 33. The van der Waals surface area contributed by atoms with E-state index in [0.29, 0.717) is 17.4 Å². The van der Waals surface area contributed by atoms with Crippen molar-refractivity contribution < 1.29 is 42.9 Å². The number of nitrogens with zero attached hydrogens (tertiary/aromatic N) is 1. The first-order valence-corrected chi connectivity index (χ1v) is 38.3. The summed E-state index contributed by atoms with van der Waals surface area (Å²) in [5.74, 6) is -2.30. The van der Waals surface area contributed by atoms with Crippen LogP contribution in [-0.2, 0) is 33.3 Å². The maximum atomic E-state index is 13.0. The number of ether oxygens (including phenoxy) is 4. The number of carboxylic acid groups (broad SMARTS) is 1. The third-order valence-corrected chi connectivity index (χ3v) is 16.4. The van der Waals surface area contributed by atoms with Gasteiger partial charge in [0.15, 0.2) is 12.4 Å². The number of carbonyl (C=O) groups is 3. The minimum absolute atomic E-state index is 0.139. The summed E-state index contributed by atoms with van der Waals surface area (Å²) in [6.45, 7) is 4.62. The van der Waals surface area contributed by atoms with Crippen LogP contribution in [0.4, 0.5) is 0 Å². The Morgan fingerprint density at radius 1 is 0.333 bits per heavy atom. The number of allylic oxidation sites excluding steroid dienone is 22. The maximum Gasteiger partial charge on any atom is 0.306 e. The second kappa shape index (κ2) is 73.2. The number of carbonyl (C=O) groups excluding carboxylic acids is 3. The molecule has 2 unspecified atom stereocenters. The minimum atomic E-state index is -1.63. The lowest BCUT2D eigenvalue weighted by Crippen LogP contribution is -2.44. The minimum Gasteiger partial charge on any atom is -0.545 e. The molecule has 0 spiro atoms. The molecule has 0 saturated carbocycles. The Balaban J connectivity index is 4.09. The molecule has 0 aromatic carbocycles. The fourth-order valence-electron chi connectivity index (χ4n) is 10.6. The van der Waals surface area contributed by atoms with Crippen LogP contribution >= 0.6 is 0 Å². The number of hydrogen-bond donors (Lipinski definition) is 0. The fourth-order valence-corrected chi connectivity index (χ4v) is 10.6. The zero-order valence-corrected chi connectivity index (χ0v) is 60.8. The van der Waals surface area contributed by atoms with Crippen molar-refractivity contribution in [2.75, 3.05) is 47.5 Å². The van der Waals surface area contributed by atoms with Crippen molar-refractivity contribution >= 4 is 17.9 Å². The van der Waals surface area contributed by atoms with Gasteiger partial charge in [0.1, 0.15) is 13.2 Å². The summed E-state index contributed by atoms with van der Waals surface area (Å²) in [5, 5.41) is 11.8. The van der Waals surface area contributed by atoms with Crippen LogP contribution in [0.25, 0.3) is 0 Å². The van der Waals surface area contributed by atoms with Crippen molar-refractivity contribution in [1.29, 1.82) is 0 Å². The van der Waals surface area contributed by atoms with Crippen LogP contribution in [0.5, 0.6) is 0 Å². The molecule has 0 amide bonds. The monoisotopic (exact) mass is 1290 g/mol. The lowest BCUT2D eigenvalue weighted by molar-refractivity contribution is -0.870. The molecule has 0 aliphatic carbocycles. The second-order valence-electron chi connectivity index (χ2n) is 26.6. The third kappa shape index (κ3) is 74.7. The number of rotatable bonds is 70. The molecule has 0 saturated heterocycles. The normalized spacial score (nSPS) is 13.4. The predicted octanol–water partition coefficient (Wildman–Crippen LogP) is 23.1. The van der Waals surface area contributed by atoms with E-state index in [4.69, 9.17) is 18.9 Å². The fraction of sp³-hybridized carbons (Fsp3) is 0.702. The average molecular weight is 1300 g/mol. The molecule has 0 aromatic rings. The predicted molar refractivity (Wildman–Crippen MR) is 398 cm³/mol. The highest BCUT2D eigenvalue weighted by atomic mass is 16.7. The summed E-state index contributed by atoms with van der Waals surface area (Å²) in [7, 11) is 5.93. The highest BCUT2D eigenvalue weighted by molar-refractivity contribution is 5.70. The number of carboxylic acids is 1. The average Bonchev–Trinajstić information content (AvgIpc) is 3.38. The topological polar surface area (TPSA) is 111 Å². The van der Waals surface area contributed by atoms with Crippen molar-refractivity contribution in [2.45, 2.75) is 334 Å². The van der Waals surface area contributed by atoms with Crippen LogP contribution in [0.15, 0.2) is 134 Å². The molecule has 0 aromatic heterocycles. The van der Waals surface area contributed by atoms with Gasteiger partial charge < -0.3 is 33.3 Å². The van der Waals surface area contributed by atoms with E-state index in [1.807, 2.05) is 21.1 Å². The van der Waals surface area contributed by atoms with Crippen LogP contribution in [-0.4, -0.2) is 82.3 Å². The van der Waals surface area contributed by atoms with E-state index < -0.39 is 24.3 Å². The Morgan fingerprint density at radius 3 is 0.914 bits per heavy atom. The Bertz CT molecular complexity index is 2000. The van der Waals surface area contributed by atoms with Gasteiger partial charge in [0, 0.05) is 12.8 Å². The van der Waals surface area contributed by atoms with Crippen molar-refractivity contribution in [3.63, 3.8) is 0 Å². The summed E-state index contributed by atoms with van der Waals surface area (Å²) in [6.07, 6.45) is 103. The lowest BCUT2D eigenvalue weighted by atomic mass is 10.0. The molecule has 93 heavy (non-hydrogen) atoms. The Kier molecular flexibility index (Phi) is 69.6. The Hall–Kier alpha value is -4.57. The van der Waals surface area contributed by atoms with Gasteiger partial charge >= 0.3 is 11.9 Å². The smallest absolute Gasteiger partial charge is 0.306 e. The molecule has 532 valence electrons. The summed E-state index contributed by atoms with van der Waals surface area (Å²) in [4.78, 5) is 37.6. The largest absolute Gasteiger partial charge is 0.545 e. The molecule has 0 radical (unpaired) electrons. The molecule has 0 rings (SSSR count). The standard InChI is InChI=1S/C84H143NO8/c1-6-8-10-12-14-16-18-20-22-24-26-28-30-32-34-36-38-39-40-41-42-43-45-46-48-50-52-54-56-58-60-62-64-66-68-70-72-74-81(86)91-78-80(79-92-84(83(88)89)90-77-76-85(3,4)5)93-82(87)75-73-71-69-67-65-63-61-59-57-55-53-51-49-47-44-37-35-33-31-29-27-25-23-21-19-17-15-13-11-9-7-2/h9,11,15,17-18,20-21,23-24,26-27,29-30,32-33,35,44,47,51,53,57,59,80,84H,6-8,10,12-14,16,19,22,25,28,31,34,36-43,45-46,48-50,52,54-56,58,60-79H2,1-5H3/b11-9-,17-15-,20-18-,23-21-,26-24-,29-27-,32-30-,35-33-,47-44-,53-51-,59-57-. The number of likely N-dealkylation sites (N-methyl/N-ethyl adjacent to an activating group) is 1. The molecule has 0 aliphatic rings. The van der Waals surface area contributed by atoms with Gasteiger partial charge in [-0.25, -0.2) is 0 Å². The van der Waals surface area contributed by atoms with Gasteiger partial charge in [-0.05, 0) is 116 Å². The van der Waals surface area contributed by atoms with Gasteiger partial charge in [-0.2, -0.15) is 0 Å². The molecule has 0 aliphatic heterocycles. The highest BCUT2D eigenvalue weighted by Crippen LogP contribution is 2.18. The van der Waals surface area contributed by atoms with Gasteiger partial charge in [0.05, 0.1) is 40.3 Å². The van der Waals surface area contributed by atoms with E-state index in [2.05, 4.69) is 148 Å². The first-order valence-electron chi connectivity index (χ1n) is 38.3. The summed E-state index contributed by atoms with van der Waals surface area (Å²) in [6, 6.07) is 0. The lowest BCUT2D eigenvalue weighted by Gasteiger charge is -2.26. The quantitative estimate of drug-likeness (QED) is 0.0195. The van der Waals surface area contributed by atoms with Gasteiger partial charge in [0.2, 0.25) is 0 Å². The van der Waals surface area contributed by atoms with Gasteiger partial charge in [0.25, 0.3) is 0 Å². The number of hydrogen-bond acceptors (Lipinski definition) is 8. The number of esters is 2. The molecule has 9 heteroatoms. The maximum absolute atomic E-state index is 13.0. The molecule has 9 nitrogen and oxygen atoms in total. The van der Waals surface area contributed by atoms with E-state index in [1.54, 1.807) is 0 Å². The van der Waals surface area contributed by atoms with Crippen molar-refractivity contribution in [2.24, 2.45) is 0 Å². The van der Waals surface area contributed by atoms with E-state index in [-0.39, 0.29) is 38.6 Å². The second-order valence-corrected chi connectivity index (χ2v) is 26.6. The van der Waals surface area contributed by atoms with E-state index >= 15 is 0 Å². The van der Waals surface area contributed by atoms with Crippen LogP contribution in [0, 0.1) is 0 Å². The SMILES string of the molecule is CC/C=C\C/C=C\C/C=C\C/C=C\C/C=C\C/C=C\C/C=C\C/C=C\CCCCCCCCC(=O)OC(COC(=O)CCCCCCCCCCCCCCCCCCCCCCCC/C=C\C/C=C\C/C=C\CCCCCCC)COC(OCC[N+](C)(C)C)C(=O)[O-]. The van der Waals surface area contributed by atoms with Crippen LogP contribution < -0.4 is 5.11 Å². The molecule has 0 bridgehead atoms. The van der Waals surface area contributed by atoms with Crippen molar-refractivity contribution in [3.05, 3.63) is 134 Å². The van der Waals surface area contributed by atoms with Crippen LogP contribution in [0.2, 0.25) is 0 Å². The van der Waals surface area contributed by atoms with E-state index in [0.717, 1.165) is 122 Å². The number of aliphatic carboxylic acids is 1. The summed E-state index contributed by atoms with van der Waals surface area (Å²) in [5.41, 5.74) is 0. The molecular formula is C84H143NO8. The molecule has 0 fully saturated rings. The summed E-state index contributed by atoms with van der Waals surface area (Å²) < 4.78 is 22.8. The Labute approximate surface area is 573 Å². The molecule has 0 heterocycles. The highest BCUT2D eigenvalue weighted by Gasteiger charge is 2.22. The van der Waals surface area contributed by atoms with Gasteiger partial charge in [-0.15, -0.1) is 0 Å². The van der Waals surface area contributed by atoms with Crippen LogP contribution in [0.1, 0.15) is 322 Å². The van der Waals surface area contributed by atoms with E-state index in [9.17, 15) is 19.5 Å².